The summed E-state index contributed by atoms with van der Waals surface area (Å²) in [7, 11) is 1.65. The van der Waals surface area contributed by atoms with E-state index in [0.29, 0.717) is 29.1 Å². The largest absolute Gasteiger partial charge is 0.400 e. The van der Waals surface area contributed by atoms with Crippen molar-refractivity contribution in [2.45, 2.75) is 45.3 Å². The zero-order chi connectivity index (χ0) is 25.5. The van der Waals surface area contributed by atoms with Crippen LogP contribution in [0.5, 0.6) is 0 Å². The van der Waals surface area contributed by atoms with Crippen molar-refractivity contribution in [3.63, 3.8) is 0 Å². The normalized spacial score (nSPS) is 23.2. The van der Waals surface area contributed by atoms with Crippen molar-refractivity contribution >= 4 is 27.6 Å². The quantitative estimate of drug-likeness (QED) is 0.331. The number of nitrogens with two attached hydrogens (primary N) is 3. The Morgan fingerprint density at radius 3 is 2.51 bits per heavy atom. The molecular weight excluding hydrogens is 445 g/mol. The molecule has 35 heavy (non-hydrogen) atoms. The monoisotopic (exact) mass is 477 g/mol. The maximum absolute atomic E-state index is 14.6. The Morgan fingerprint density at radius 1 is 1.11 bits per heavy atom. The van der Waals surface area contributed by atoms with Crippen LogP contribution < -0.4 is 17.3 Å². The fraction of sp³-hybridized carbons (Fsp3) is 0.308. The third kappa shape index (κ3) is 4.52. The molecular formula is C26H32FN7O. The molecule has 1 atom stereocenters. The highest BCUT2D eigenvalue weighted by Crippen LogP contribution is 2.37. The highest BCUT2D eigenvalue weighted by atomic mass is 19.1. The minimum Gasteiger partial charge on any atom is -0.400 e. The minimum absolute atomic E-state index is 0.261. The second-order valence-corrected chi connectivity index (χ2v) is 9.38. The van der Waals surface area contributed by atoms with Crippen LogP contribution in [0, 0.1) is 0 Å². The van der Waals surface area contributed by atoms with Gasteiger partial charge in [-0.15, -0.1) is 0 Å². The van der Waals surface area contributed by atoms with E-state index in [2.05, 4.69) is 16.5 Å². The third-order valence-corrected chi connectivity index (χ3v) is 6.21. The number of hydrazine groups is 1. The number of aliphatic hydroxyl groups is 1. The fourth-order valence-corrected chi connectivity index (χ4v) is 4.44. The number of hydrogen-bond acceptors (Lipinski definition) is 7. The fourth-order valence-electron chi connectivity index (χ4n) is 4.44. The van der Waals surface area contributed by atoms with E-state index in [1.807, 2.05) is 12.1 Å². The van der Waals surface area contributed by atoms with Gasteiger partial charge in [0, 0.05) is 36.1 Å². The standard InChI is InChI=1S/C26H32FN7O/c1-5-6-21-18(28)9-7-16(27)8-10-19(29)25(33(4)30)20-12-22-17(14-31-20)24-23(34(21)22)11-15(13-32-24)26(2,3)35/h7-14,21,35H,5-6,28-30H2,1-4H3/b10-8-,16-7+,18-9-,25-19-. The Bertz CT molecular complexity index is 1410. The SMILES string of the molecule is CCCC1/C(N)=C/C=C(F)\C=C/C(N)=C(/N(C)N)c2cc3c(cn2)c2ncc(C(C)(C)O)cc2n31. The van der Waals surface area contributed by atoms with Gasteiger partial charge in [-0.2, -0.15) is 0 Å². The second-order valence-electron chi connectivity index (χ2n) is 9.38. The number of hydrogen-bond donors (Lipinski definition) is 4. The summed E-state index contributed by atoms with van der Waals surface area (Å²) in [6, 6.07) is 3.54. The van der Waals surface area contributed by atoms with Gasteiger partial charge in [0.25, 0.3) is 0 Å². The van der Waals surface area contributed by atoms with Crippen molar-refractivity contribution in [2.24, 2.45) is 17.3 Å². The maximum atomic E-state index is 14.6. The molecule has 0 saturated heterocycles. The molecule has 184 valence electrons. The first-order chi connectivity index (χ1) is 16.5. The Balaban J connectivity index is 2.18. The van der Waals surface area contributed by atoms with Gasteiger partial charge < -0.3 is 26.1 Å². The topological polar surface area (TPSA) is 132 Å². The summed E-state index contributed by atoms with van der Waals surface area (Å²) in [4.78, 5) is 9.32. The van der Waals surface area contributed by atoms with Crippen molar-refractivity contribution in [1.82, 2.24) is 19.5 Å². The Morgan fingerprint density at radius 2 is 1.86 bits per heavy atom. The van der Waals surface area contributed by atoms with Crippen molar-refractivity contribution in [3.05, 3.63) is 77.3 Å². The first kappa shape index (κ1) is 24.4. The summed E-state index contributed by atoms with van der Waals surface area (Å²) in [5.41, 5.74) is 16.5. The van der Waals surface area contributed by atoms with Gasteiger partial charge in [0.15, 0.2) is 0 Å². The van der Waals surface area contributed by atoms with Gasteiger partial charge in [0.05, 0.1) is 39.6 Å². The summed E-state index contributed by atoms with van der Waals surface area (Å²) in [6.07, 6.45) is 10.6. The number of fused-ring (bicyclic) bond motifs is 4. The first-order valence-corrected chi connectivity index (χ1v) is 11.5. The lowest BCUT2D eigenvalue weighted by molar-refractivity contribution is 0.0784. The van der Waals surface area contributed by atoms with Gasteiger partial charge in [-0.1, -0.05) is 13.3 Å². The van der Waals surface area contributed by atoms with Crippen LogP contribution in [0.3, 0.4) is 0 Å². The summed E-state index contributed by atoms with van der Waals surface area (Å²) < 4.78 is 16.7. The van der Waals surface area contributed by atoms with E-state index in [9.17, 15) is 9.50 Å². The lowest BCUT2D eigenvalue weighted by atomic mass is 10.00. The molecule has 7 N–H and O–H groups in total. The molecule has 1 aliphatic heterocycles. The van der Waals surface area contributed by atoms with Crippen LogP contribution in [0.15, 0.2) is 66.1 Å². The van der Waals surface area contributed by atoms with Crippen LogP contribution >= 0.6 is 0 Å². The van der Waals surface area contributed by atoms with Crippen molar-refractivity contribution < 1.29 is 9.50 Å². The van der Waals surface area contributed by atoms with Crippen LogP contribution in [0.4, 0.5) is 4.39 Å². The van der Waals surface area contributed by atoms with Crippen LogP contribution in [0.2, 0.25) is 0 Å². The lowest BCUT2D eigenvalue weighted by Crippen LogP contribution is -2.27. The molecule has 1 unspecified atom stereocenters. The minimum atomic E-state index is -1.09. The molecule has 0 spiro atoms. The molecule has 0 fully saturated rings. The van der Waals surface area contributed by atoms with Crippen LogP contribution in [-0.4, -0.2) is 31.7 Å². The molecule has 3 aromatic rings. The molecule has 4 rings (SSSR count). The molecule has 1 aliphatic rings. The number of rotatable bonds is 4. The predicted octanol–water partition coefficient (Wildman–Crippen LogP) is 3.85. The maximum Gasteiger partial charge on any atom is 0.123 e. The Kier molecular flexibility index (Phi) is 6.40. The lowest BCUT2D eigenvalue weighted by Gasteiger charge is -2.23. The van der Waals surface area contributed by atoms with Crippen LogP contribution in [-0.2, 0) is 5.60 Å². The van der Waals surface area contributed by atoms with E-state index < -0.39 is 11.4 Å². The van der Waals surface area contributed by atoms with Gasteiger partial charge in [0.1, 0.15) is 11.5 Å². The Hall–Kier alpha value is -3.69. The van der Waals surface area contributed by atoms with Gasteiger partial charge in [-0.3, -0.25) is 9.97 Å². The number of pyridine rings is 2. The van der Waals surface area contributed by atoms with E-state index in [4.69, 9.17) is 22.3 Å². The number of halogens is 1. The zero-order valence-corrected chi connectivity index (χ0v) is 20.5. The van der Waals surface area contributed by atoms with Crippen LogP contribution in [0.1, 0.15) is 50.9 Å². The average Bonchev–Trinajstić information content (AvgIpc) is 3.11. The first-order valence-electron chi connectivity index (χ1n) is 11.5. The van der Waals surface area contributed by atoms with E-state index in [0.717, 1.165) is 28.4 Å². The molecule has 0 radical (unpaired) electrons. The Labute approximate surface area is 203 Å². The van der Waals surface area contributed by atoms with E-state index >= 15 is 0 Å². The molecule has 0 aromatic carbocycles. The highest BCUT2D eigenvalue weighted by molar-refractivity contribution is 6.06. The van der Waals surface area contributed by atoms with Gasteiger partial charge in [0.2, 0.25) is 0 Å². The van der Waals surface area contributed by atoms with E-state index in [1.54, 1.807) is 39.4 Å². The third-order valence-electron chi connectivity index (χ3n) is 6.21. The molecule has 8 nitrogen and oxygen atoms in total. The van der Waals surface area contributed by atoms with Crippen LogP contribution in [0.25, 0.3) is 27.6 Å². The van der Waals surface area contributed by atoms with Crippen molar-refractivity contribution in [1.29, 1.82) is 0 Å². The number of nitrogens with zero attached hydrogens (tertiary/aromatic N) is 4. The summed E-state index contributed by atoms with van der Waals surface area (Å²) in [6.45, 7) is 5.50. The van der Waals surface area contributed by atoms with Gasteiger partial charge in [-0.05, 0) is 56.7 Å². The number of allylic oxidation sites excluding steroid dienone is 6. The van der Waals surface area contributed by atoms with E-state index in [-0.39, 0.29) is 11.7 Å². The average molecular weight is 478 g/mol. The molecule has 0 amide bonds. The molecule has 2 bridgehead atoms. The van der Waals surface area contributed by atoms with Gasteiger partial charge in [-0.25, -0.2) is 10.2 Å². The highest BCUT2D eigenvalue weighted by Gasteiger charge is 2.25. The number of aromatic nitrogens is 3. The van der Waals surface area contributed by atoms with Crippen molar-refractivity contribution in [2.75, 3.05) is 7.05 Å². The molecule has 3 aromatic heterocycles. The van der Waals surface area contributed by atoms with Gasteiger partial charge >= 0.3 is 0 Å². The zero-order valence-electron chi connectivity index (χ0n) is 20.5. The molecule has 9 heteroatoms. The summed E-state index contributed by atoms with van der Waals surface area (Å²) >= 11 is 0. The molecule has 0 saturated carbocycles. The smallest absolute Gasteiger partial charge is 0.123 e. The summed E-state index contributed by atoms with van der Waals surface area (Å²) in [5.74, 6) is 5.61. The van der Waals surface area contributed by atoms with E-state index in [1.165, 1.54) is 23.2 Å². The predicted molar refractivity (Wildman–Crippen MR) is 138 cm³/mol. The summed E-state index contributed by atoms with van der Waals surface area (Å²) in [5, 5.41) is 12.9. The molecule has 0 aliphatic carbocycles. The van der Waals surface area contributed by atoms with Crippen molar-refractivity contribution in [3.8, 4) is 0 Å². The second kappa shape index (κ2) is 9.16. The molecule has 4 heterocycles.